The minimum atomic E-state index is 0.299. The third-order valence-electron chi connectivity index (χ3n) is 6.87. The molecular weight excluding hydrogens is 414 g/mol. The number of carbonyl (C=O) groups is 1. The average Bonchev–Trinajstić information content (AvgIpc) is 3.48. The van der Waals surface area contributed by atoms with E-state index in [1.54, 1.807) is 0 Å². The molecule has 3 heterocycles. The maximum atomic E-state index is 12.0. The number of ether oxygens (including phenoxy) is 1. The summed E-state index contributed by atoms with van der Waals surface area (Å²) in [6.45, 7) is 4.02. The lowest BCUT2D eigenvalue weighted by atomic mass is 9.98. The first kappa shape index (κ1) is 21.7. The molecule has 0 bridgehead atoms. The molecule has 3 aliphatic rings. The summed E-state index contributed by atoms with van der Waals surface area (Å²) < 4.78 is 5.83. The molecule has 1 amide bonds. The topological polar surface area (TPSA) is 70.1 Å². The average molecular weight is 448 g/mol. The van der Waals surface area contributed by atoms with Crippen LogP contribution in [0.25, 0.3) is 0 Å². The molecule has 1 atom stereocenters. The first-order valence-electron chi connectivity index (χ1n) is 12.1. The number of nitrogens with one attached hydrogen (secondary N) is 1. The fourth-order valence-corrected chi connectivity index (χ4v) is 4.80. The number of pyridine rings is 1. The van der Waals surface area contributed by atoms with Gasteiger partial charge in [-0.05, 0) is 54.9 Å². The molecule has 0 spiro atoms. The SMILES string of the molecule is CN=C(NCc1ccnc(OCC2CC2)c1)N1CC(CCN2CCCC2=O)c2ccccc21. The smallest absolute Gasteiger partial charge is 0.222 e. The fraction of sp³-hybridized carbons (Fsp3) is 0.500. The van der Waals surface area contributed by atoms with Crippen LogP contribution in [0.5, 0.6) is 5.88 Å². The van der Waals surface area contributed by atoms with Crippen molar-refractivity contribution >= 4 is 17.6 Å². The summed E-state index contributed by atoms with van der Waals surface area (Å²) in [5.41, 5.74) is 3.66. The van der Waals surface area contributed by atoms with Crippen LogP contribution in [0.4, 0.5) is 5.69 Å². The van der Waals surface area contributed by atoms with E-state index in [0.717, 1.165) is 50.6 Å². The number of nitrogens with zero attached hydrogens (tertiary/aromatic N) is 4. The van der Waals surface area contributed by atoms with Gasteiger partial charge in [0.25, 0.3) is 0 Å². The maximum absolute atomic E-state index is 12.0. The zero-order chi connectivity index (χ0) is 22.6. The van der Waals surface area contributed by atoms with E-state index in [4.69, 9.17) is 4.74 Å². The Balaban J connectivity index is 1.22. The third kappa shape index (κ3) is 5.13. The molecule has 7 heteroatoms. The maximum Gasteiger partial charge on any atom is 0.222 e. The van der Waals surface area contributed by atoms with Gasteiger partial charge in [0.05, 0.1) is 6.61 Å². The van der Waals surface area contributed by atoms with Crippen molar-refractivity contribution in [1.29, 1.82) is 0 Å². The van der Waals surface area contributed by atoms with Gasteiger partial charge >= 0.3 is 0 Å². The summed E-state index contributed by atoms with van der Waals surface area (Å²) in [6, 6.07) is 12.6. The number of para-hydroxylation sites is 1. The van der Waals surface area contributed by atoms with Crippen molar-refractivity contribution in [2.45, 2.75) is 44.6 Å². The minimum Gasteiger partial charge on any atom is -0.477 e. The highest BCUT2D eigenvalue weighted by Gasteiger charge is 2.32. The quantitative estimate of drug-likeness (QED) is 0.495. The van der Waals surface area contributed by atoms with Gasteiger partial charge in [0, 0.05) is 63.5 Å². The molecule has 1 unspecified atom stereocenters. The van der Waals surface area contributed by atoms with E-state index < -0.39 is 0 Å². The lowest BCUT2D eigenvalue weighted by Gasteiger charge is -2.23. The molecule has 0 radical (unpaired) electrons. The molecule has 33 heavy (non-hydrogen) atoms. The second kappa shape index (κ2) is 9.81. The van der Waals surface area contributed by atoms with E-state index in [1.807, 2.05) is 30.3 Å². The molecule has 5 rings (SSSR count). The van der Waals surface area contributed by atoms with E-state index in [2.05, 4.69) is 44.5 Å². The highest BCUT2D eigenvalue weighted by Crippen LogP contribution is 2.38. The molecule has 7 nitrogen and oxygen atoms in total. The Hall–Kier alpha value is -3.09. The van der Waals surface area contributed by atoms with Crippen molar-refractivity contribution in [3.05, 3.63) is 53.7 Å². The molecule has 1 aromatic carbocycles. The number of amides is 1. The van der Waals surface area contributed by atoms with Gasteiger partial charge in [0.15, 0.2) is 5.96 Å². The van der Waals surface area contributed by atoms with Gasteiger partial charge in [-0.1, -0.05) is 18.2 Å². The van der Waals surface area contributed by atoms with E-state index in [0.29, 0.717) is 36.6 Å². The van der Waals surface area contributed by atoms with Crippen LogP contribution < -0.4 is 15.0 Å². The number of benzene rings is 1. The van der Waals surface area contributed by atoms with Gasteiger partial charge in [-0.2, -0.15) is 0 Å². The van der Waals surface area contributed by atoms with Gasteiger partial charge in [-0.3, -0.25) is 9.79 Å². The van der Waals surface area contributed by atoms with Gasteiger partial charge in [-0.25, -0.2) is 4.98 Å². The van der Waals surface area contributed by atoms with Crippen LogP contribution in [-0.2, 0) is 11.3 Å². The van der Waals surface area contributed by atoms with Gasteiger partial charge in [-0.15, -0.1) is 0 Å². The fourth-order valence-electron chi connectivity index (χ4n) is 4.80. The lowest BCUT2D eigenvalue weighted by molar-refractivity contribution is -0.127. The van der Waals surface area contributed by atoms with E-state index in [-0.39, 0.29) is 0 Å². The molecule has 2 aromatic rings. The number of anilines is 1. The third-order valence-corrected chi connectivity index (χ3v) is 6.87. The van der Waals surface area contributed by atoms with Gasteiger partial charge in [0.2, 0.25) is 11.8 Å². The number of likely N-dealkylation sites (tertiary alicyclic amines) is 1. The highest BCUT2D eigenvalue weighted by molar-refractivity contribution is 5.98. The van der Waals surface area contributed by atoms with Crippen molar-refractivity contribution in [3.8, 4) is 5.88 Å². The van der Waals surface area contributed by atoms with Crippen LogP contribution in [0, 0.1) is 5.92 Å². The molecule has 2 aliphatic heterocycles. The normalized spacial score (nSPS) is 20.3. The van der Waals surface area contributed by atoms with Crippen LogP contribution >= 0.6 is 0 Å². The van der Waals surface area contributed by atoms with E-state index >= 15 is 0 Å². The molecule has 1 saturated carbocycles. The van der Waals surface area contributed by atoms with Crippen LogP contribution in [0.15, 0.2) is 47.6 Å². The van der Waals surface area contributed by atoms with Crippen LogP contribution in [0.3, 0.4) is 0 Å². The number of guanidine groups is 1. The van der Waals surface area contributed by atoms with Crippen molar-refractivity contribution in [2.24, 2.45) is 10.9 Å². The number of aromatic nitrogens is 1. The molecule has 174 valence electrons. The zero-order valence-electron chi connectivity index (χ0n) is 19.4. The molecule has 1 aliphatic carbocycles. The van der Waals surface area contributed by atoms with Crippen LogP contribution in [-0.4, -0.2) is 55.0 Å². The summed E-state index contributed by atoms with van der Waals surface area (Å²) in [5.74, 6) is 2.95. The molecule has 2 fully saturated rings. The summed E-state index contributed by atoms with van der Waals surface area (Å²) in [4.78, 5) is 25.3. The van der Waals surface area contributed by atoms with Crippen molar-refractivity contribution in [1.82, 2.24) is 15.2 Å². The van der Waals surface area contributed by atoms with E-state index in [9.17, 15) is 4.79 Å². The minimum absolute atomic E-state index is 0.299. The van der Waals surface area contributed by atoms with Crippen LogP contribution in [0.1, 0.15) is 49.1 Å². The molecule has 1 N–H and O–H groups in total. The Bertz CT molecular complexity index is 1020. The first-order valence-corrected chi connectivity index (χ1v) is 12.1. The molecular formula is C26H33N5O2. The second-order valence-corrected chi connectivity index (χ2v) is 9.30. The zero-order valence-corrected chi connectivity index (χ0v) is 19.4. The number of carbonyl (C=O) groups excluding carboxylic acids is 1. The predicted molar refractivity (Wildman–Crippen MR) is 130 cm³/mol. The largest absolute Gasteiger partial charge is 0.477 e. The Labute approximate surface area is 195 Å². The number of aliphatic imine (C=N–C) groups is 1. The van der Waals surface area contributed by atoms with Crippen molar-refractivity contribution < 1.29 is 9.53 Å². The Kier molecular flexibility index (Phi) is 6.46. The molecule has 1 saturated heterocycles. The summed E-state index contributed by atoms with van der Waals surface area (Å²) in [7, 11) is 1.83. The number of fused-ring (bicyclic) bond motifs is 1. The number of hydrogen-bond donors (Lipinski definition) is 1. The van der Waals surface area contributed by atoms with Gasteiger partial charge < -0.3 is 19.9 Å². The Morgan fingerprint density at radius 2 is 2.15 bits per heavy atom. The van der Waals surface area contributed by atoms with Gasteiger partial charge in [0.1, 0.15) is 0 Å². The monoisotopic (exact) mass is 447 g/mol. The standard InChI is InChI=1S/C26H33N5O2/c1-27-26(29-16-20-10-12-28-24(15-20)33-18-19-8-9-19)31-17-21(22-5-2-3-6-23(22)31)11-14-30-13-4-7-25(30)32/h2-3,5-6,10,12,15,19,21H,4,7-9,11,13-14,16-18H2,1H3,(H,27,29). The first-order chi connectivity index (χ1) is 16.2. The summed E-state index contributed by atoms with van der Waals surface area (Å²) in [6.07, 6.45) is 7.01. The van der Waals surface area contributed by atoms with Crippen LogP contribution in [0.2, 0.25) is 0 Å². The highest BCUT2D eigenvalue weighted by atomic mass is 16.5. The predicted octanol–water partition coefficient (Wildman–Crippen LogP) is 3.56. The second-order valence-electron chi connectivity index (χ2n) is 9.30. The van der Waals surface area contributed by atoms with Crippen molar-refractivity contribution in [3.63, 3.8) is 0 Å². The van der Waals surface area contributed by atoms with Crippen molar-refractivity contribution in [2.75, 3.05) is 38.2 Å². The lowest BCUT2D eigenvalue weighted by Crippen LogP contribution is -2.40. The number of hydrogen-bond acceptors (Lipinski definition) is 4. The summed E-state index contributed by atoms with van der Waals surface area (Å²) >= 11 is 0. The Morgan fingerprint density at radius 3 is 2.94 bits per heavy atom. The molecule has 1 aromatic heterocycles. The summed E-state index contributed by atoms with van der Waals surface area (Å²) in [5, 5.41) is 3.53. The number of rotatable bonds is 8. The Morgan fingerprint density at radius 1 is 1.27 bits per heavy atom. The van der Waals surface area contributed by atoms with E-state index in [1.165, 1.54) is 24.1 Å².